The average molecular weight is 393 g/mol. The number of halogens is 1. The van der Waals surface area contributed by atoms with Crippen molar-refractivity contribution in [2.75, 3.05) is 6.54 Å². The first-order chi connectivity index (χ1) is 12.8. The molecule has 0 aromatic heterocycles. The molecule has 146 valence electrons. The summed E-state index contributed by atoms with van der Waals surface area (Å²) >= 11 is 5.88. The molecular weight excluding hydrogens is 368 g/mol. The molecule has 1 spiro atoms. The zero-order chi connectivity index (χ0) is 19.6. The minimum Gasteiger partial charge on any atom is -0.322 e. The molecule has 1 atom stereocenters. The summed E-state index contributed by atoms with van der Waals surface area (Å²) in [6.45, 7) is 4.04. The summed E-state index contributed by atoms with van der Waals surface area (Å²) in [4.78, 5) is 37.2. The van der Waals surface area contributed by atoms with E-state index >= 15 is 0 Å². The molecule has 1 aromatic rings. The summed E-state index contributed by atoms with van der Waals surface area (Å²) in [5.74, 6) is -0.262. The normalized spacial score (nSPS) is 26.2. The van der Waals surface area contributed by atoms with Crippen molar-refractivity contribution in [2.45, 2.75) is 51.1 Å². The molecule has 0 unspecified atom stereocenters. The van der Waals surface area contributed by atoms with E-state index in [9.17, 15) is 14.4 Å². The van der Waals surface area contributed by atoms with Crippen LogP contribution in [0.25, 0.3) is 0 Å². The molecule has 3 rings (SSSR count). The summed E-state index contributed by atoms with van der Waals surface area (Å²) in [6.07, 6.45) is 2.98. The van der Waals surface area contributed by atoms with E-state index in [1.807, 2.05) is 19.1 Å². The van der Waals surface area contributed by atoms with Gasteiger partial charge in [-0.15, -0.1) is 0 Å². The largest absolute Gasteiger partial charge is 0.344 e. The molecule has 4 amide bonds. The smallest absolute Gasteiger partial charge is 0.322 e. The maximum absolute atomic E-state index is 12.7. The van der Waals surface area contributed by atoms with E-state index in [-0.39, 0.29) is 18.5 Å². The van der Waals surface area contributed by atoms with Crippen LogP contribution in [-0.2, 0) is 9.59 Å². The minimum absolute atomic E-state index is 0.0229. The molecule has 1 aromatic carbocycles. The number of carbonyl (C=O) groups is 3. The van der Waals surface area contributed by atoms with Crippen molar-refractivity contribution < 1.29 is 14.4 Å². The van der Waals surface area contributed by atoms with Gasteiger partial charge in [0.1, 0.15) is 5.54 Å². The van der Waals surface area contributed by atoms with Gasteiger partial charge in [0.2, 0.25) is 0 Å². The highest BCUT2D eigenvalue weighted by atomic mass is 35.5. The average Bonchev–Trinajstić information content (AvgIpc) is 2.87. The van der Waals surface area contributed by atoms with Crippen LogP contribution in [0.1, 0.15) is 51.1 Å². The molecule has 1 saturated heterocycles. The van der Waals surface area contributed by atoms with Crippen molar-refractivity contribution in [1.82, 2.24) is 21.1 Å². The van der Waals surface area contributed by atoms with Crippen LogP contribution in [0.2, 0.25) is 5.02 Å². The minimum atomic E-state index is -0.860. The summed E-state index contributed by atoms with van der Waals surface area (Å²) in [7, 11) is 0. The van der Waals surface area contributed by atoms with Gasteiger partial charge in [-0.1, -0.05) is 30.7 Å². The number of hydrazine groups is 1. The number of hydrogen-bond acceptors (Lipinski definition) is 4. The van der Waals surface area contributed by atoms with Crippen molar-refractivity contribution in [3.05, 3.63) is 34.9 Å². The molecule has 1 saturated carbocycles. The zero-order valence-corrected chi connectivity index (χ0v) is 16.3. The lowest BCUT2D eigenvalue weighted by Gasteiger charge is -2.33. The van der Waals surface area contributed by atoms with E-state index in [0.29, 0.717) is 23.8 Å². The Hall–Kier alpha value is -2.12. The second-order valence-corrected chi connectivity index (χ2v) is 7.96. The predicted octanol–water partition coefficient (Wildman–Crippen LogP) is 2.52. The standard InChI is InChI=1S/C19H25ClN4O3/c1-12-7-9-19(10-8-12)17(26)24(18(27)22-19)23-16(25)11-21-13(2)14-3-5-15(20)6-4-14/h3-6,12-13,21H,7-11H2,1-2H3,(H,22,27)(H,23,25)/t12?,13-,19?/m0/s1. The summed E-state index contributed by atoms with van der Waals surface area (Å²) in [5, 5.41) is 7.33. The zero-order valence-electron chi connectivity index (χ0n) is 15.5. The molecule has 8 heteroatoms. The molecule has 2 fully saturated rings. The van der Waals surface area contributed by atoms with Crippen LogP contribution >= 0.6 is 11.6 Å². The van der Waals surface area contributed by atoms with Crippen LogP contribution in [0.3, 0.4) is 0 Å². The monoisotopic (exact) mass is 392 g/mol. The van der Waals surface area contributed by atoms with Crippen molar-refractivity contribution in [1.29, 1.82) is 0 Å². The maximum atomic E-state index is 12.7. The quantitative estimate of drug-likeness (QED) is 0.671. The summed E-state index contributed by atoms with van der Waals surface area (Å²) < 4.78 is 0. The lowest BCUT2D eigenvalue weighted by molar-refractivity contribution is -0.139. The second kappa shape index (κ2) is 7.86. The van der Waals surface area contributed by atoms with Crippen LogP contribution in [0.15, 0.2) is 24.3 Å². The highest BCUT2D eigenvalue weighted by Gasteiger charge is 2.52. The second-order valence-electron chi connectivity index (χ2n) is 7.52. The van der Waals surface area contributed by atoms with Gasteiger partial charge in [0.15, 0.2) is 0 Å². The van der Waals surface area contributed by atoms with Gasteiger partial charge in [0.05, 0.1) is 6.54 Å². The van der Waals surface area contributed by atoms with Crippen molar-refractivity contribution >= 4 is 29.4 Å². The SMILES string of the molecule is CC1CCC2(CC1)NC(=O)N(NC(=O)CN[C@@H](C)c1ccc(Cl)cc1)C2=O. The van der Waals surface area contributed by atoms with E-state index in [1.165, 1.54) is 0 Å². The van der Waals surface area contributed by atoms with Gasteiger partial charge in [-0.2, -0.15) is 5.01 Å². The summed E-state index contributed by atoms with van der Waals surface area (Å²) in [6, 6.07) is 6.68. The highest BCUT2D eigenvalue weighted by Crippen LogP contribution is 2.35. The van der Waals surface area contributed by atoms with Gasteiger partial charge in [0.25, 0.3) is 11.8 Å². The molecule has 0 bridgehead atoms. The van der Waals surface area contributed by atoms with Crippen LogP contribution < -0.4 is 16.1 Å². The number of nitrogens with zero attached hydrogens (tertiary/aromatic N) is 1. The maximum Gasteiger partial charge on any atom is 0.344 e. The van der Waals surface area contributed by atoms with Gasteiger partial charge in [-0.25, -0.2) is 4.79 Å². The van der Waals surface area contributed by atoms with Crippen LogP contribution in [0, 0.1) is 5.92 Å². The number of hydrogen-bond donors (Lipinski definition) is 3. The molecule has 1 aliphatic carbocycles. The first-order valence-electron chi connectivity index (χ1n) is 9.26. The number of rotatable bonds is 5. The Morgan fingerprint density at radius 1 is 1.30 bits per heavy atom. The Labute approximate surface area is 163 Å². The number of benzene rings is 1. The molecule has 2 aliphatic rings. The fourth-order valence-electron chi connectivity index (χ4n) is 3.59. The Kier molecular flexibility index (Phi) is 5.72. The van der Waals surface area contributed by atoms with E-state index in [1.54, 1.807) is 12.1 Å². The van der Waals surface area contributed by atoms with Gasteiger partial charge in [0, 0.05) is 11.1 Å². The molecule has 0 radical (unpaired) electrons. The third-order valence-corrected chi connectivity index (χ3v) is 5.72. The van der Waals surface area contributed by atoms with Crippen LogP contribution in [0.4, 0.5) is 4.79 Å². The van der Waals surface area contributed by atoms with E-state index < -0.39 is 17.5 Å². The Morgan fingerprint density at radius 3 is 2.56 bits per heavy atom. The Bertz CT molecular complexity index is 729. The molecule has 27 heavy (non-hydrogen) atoms. The molecule has 1 heterocycles. The Morgan fingerprint density at radius 2 is 1.93 bits per heavy atom. The highest BCUT2D eigenvalue weighted by molar-refractivity contribution is 6.30. The van der Waals surface area contributed by atoms with Gasteiger partial charge >= 0.3 is 6.03 Å². The molecule has 7 nitrogen and oxygen atoms in total. The molecule has 3 N–H and O–H groups in total. The first-order valence-corrected chi connectivity index (χ1v) is 9.63. The van der Waals surface area contributed by atoms with Gasteiger partial charge in [-0.05, 0) is 56.2 Å². The predicted molar refractivity (Wildman–Crippen MR) is 102 cm³/mol. The van der Waals surface area contributed by atoms with E-state index in [0.717, 1.165) is 23.4 Å². The number of carbonyl (C=O) groups excluding carboxylic acids is 3. The third kappa shape index (κ3) is 4.25. The van der Waals surface area contributed by atoms with Crippen molar-refractivity contribution in [3.63, 3.8) is 0 Å². The molecular formula is C19H25ClN4O3. The number of nitrogens with one attached hydrogen (secondary N) is 3. The van der Waals surface area contributed by atoms with Gasteiger partial charge < -0.3 is 10.6 Å². The van der Waals surface area contributed by atoms with Crippen molar-refractivity contribution in [2.24, 2.45) is 5.92 Å². The van der Waals surface area contributed by atoms with Gasteiger partial charge in [-0.3, -0.25) is 15.0 Å². The Balaban J connectivity index is 1.54. The first kappa shape index (κ1) is 19.6. The third-order valence-electron chi connectivity index (χ3n) is 5.46. The summed E-state index contributed by atoms with van der Waals surface area (Å²) in [5.41, 5.74) is 2.55. The number of amides is 4. The number of urea groups is 1. The van der Waals surface area contributed by atoms with E-state index in [2.05, 4.69) is 23.0 Å². The lowest BCUT2D eigenvalue weighted by Crippen LogP contribution is -2.52. The van der Waals surface area contributed by atoms with Crippen molar-refractivity contribution in [3.8, 4) is 0 Å². The van der Waals surface area contributed by atoms with Crippen LogP contribution in [0.5, 0.6) is 0 Å². The molecule has 1 aliphatic heterocycles. The fraction of sp³-hybridized carbons (Fsp3) is 0.526. The van der Waals surface area contributed by atoms with E-state index in [4.69, 9.17) is 11.6 Å². The fourth-order valence-corrected chi connectivity index (χ4v) is 3.72. The van der Waals surface area contributed by atoms with Crippen LogP contribution in [-0.4, -0.2) is 34.9 Å². The lowest BCUT2D eigenvalue weighted by atomic mass is 9.77. The topological polar surface area (TPSA) is 90.5 Å². The number of imide groups is 1.